The van der Waals surface area contributed by atoms with E-state index in [0.717, 1.165) is 0 Å². The number of rotatable bonds is 7. The Labute approximate surface area is 114 Å². The number of benzene rings is 1. The van der Waals surface area contributed by atoms with Crippen LogP contribution in [-0.4, -0.2) is 45.7 Å². The van der Waals surface area contributed by atoms with Crippen LogP contribution in [0.4, 0.5) is 11.4 Å². The van der Waals surface area contributed by atoms with Crippen molar-refractivity contribution in [3.8, 4) is 5.75 Å². The second-order valence-electron chi connectivity index (χ2n) is 4.18. The van der Waals surface area contributed by atoms with Gasteiger partial charge in [-0.2, -0.15) is 0 Å². The molecule has 6 nitrogen and oxygen atoms in total. The lowest BCUT2D eigenvalue weighted by molar-refractivity contribution is 0.342. The minimum Gasteiger partial charge on any atom is -0.492 e. The van der Waals surface area contributed by atoms with E-state index in [1.165, 1.54) is 18.4 Å². The Hall–Kier alpha value is -1.47. The van der Waals surface area contributed by atoms with Gasteiger partial charge in [0.05, 0.1) is 23.7 Å². The average Bonchev–Trinajstić information content (AvgIpc) is 2.33. The number of sulfonamides is 1. The monoisotopic (exact) mass is 287 g/mol. The third kappa shape index (κ3) is 4.29. The van der Waals surface area contributed by atoms with Crippen LogP contribution in [0.25, 0.3) is 0 Å². The summed E-state index contributed by atoms with van der Waals surface area (Å²) >= 11 is 0. The molecule has 0 aliphatic carbocycles. The first-order valence-corrected chi connectivity index (χ1v) is 7.64. The van der Waals surface area contributed by atoms with E-state index in [1.54, 1.807) is 12.1 Å². The fourth-order valence-electron chi connectivity index (χ4n) is 1.48. The molecule has 0 fully saturated rings. The lowest BCUT2D eigenvalue weighted by Crippen LogP contribution is -2.28. The summed E-state index contributed by atoms with van der Waals surface area (Å²) < 4.78 is 29.8. The fraction of sp³-hybridized carbons (Fsp3) is 0.500. The number of para-hydroxylation sites is 1. The van der Waals surface area contributed by atoms with E-state index in [0.29, 0.717) is 30.3 Å². The molecule has 1 rings (SSSR count). The van der Waals surface area contributed by atoms with Crippen LogP contribution in [0.2, 0.25) is 0 Å². The predicted octanol–water partition coefficient (Wildman–Crippen LogP) is 0.971. The highest BCUT2D eigenvalue weighted by molar-refractivity contribution is 7.89. The van der Waals surface area contributed by atoms with Gasteiger partial charge in [-0.05, 0) is 19.1 Å². The number of nitrogens with two attached hydrogens (primary N) is 1. The number of hydrogen-bond donors (Lipinski definition) is 2. The number of nitrogens with one attached hydrogen (secondary N) is 1. The van der Waals surface area contributed by atoms with Gasteiger partial charge in [-0.25, -0.2) is 12.7 Å². The average molecular weight is 287 g/mol. The van der Waals surface area contributed by atoms with Crippen LogP contribution in [0.3, 0.4) is 0 Å². The van der Waals surface area contributed by atoms with Crippen molar-refractivity contribution in [1.29, 1.82) is 0 Å². The topological polar surface area (TPSA) is 84.7 Å². The maximum atomic E-state index is 11.6. The van der Waals surface area contributed by atoms with Crippen LogP contribution in [0.15, 0.2) is 18.2 Å². The molecule has 0 aromatic heterocycles. The summed E-state index contributed by atoms with van der Waals surface area (Å²) in [6.07, 6.45) is 0. The Morgan fingerprint density at radius 2 is 2.05 bits per heavy atom. The molecule has 3 N–H and O–H groups in total. The summed E-state index contributed by atoms with van der Waals surface area (Å²) in [5.74, 6) is 0.612. The normalized spacial score (nSPS) is 11.6. The van der Waals surface area contributed by atoms with Crippen LogP contribution in [0.5, 0.6) is 5.75 Å². The SMILES string of the molecule is CCOc1cccc(NCCS(=O)(=O)N(C)C)c1N. The summed E-state index contributed by atoms with van der Waals surface area (Å²) in [5, 5.41) is 3.01. The molecule has 0 amide bonds. The van der Waals surface area contributed by atoms with E-state index < -0.39 is 10.0 Å². The Balaban J connectivity index is 2.66. The Morgan fingerprint density at radius 1 is 1.37 bits per heavy atom. The predicted molar refractivity (Wildman–Crippen MR) is 78.0 cm³/mol. The zero-order valence-corrected chi connectivity index (χ0v) is 12.3. The van der Waals surface area contributed by atoms with E-state index in [-0.39, 0.29) is 5.75 Å². The van der Waals surface area contributed by atoms with E-state index in [9.17, 15) is 8.42 Å². The smallest absolute Gasteiger partial charge is 0.215 e. The van der Waals surface area contributed by atoms with Crippen LogP contribution in [0, 0.1) is 0 Å². The third-order valence-electron chi connectivity index (χ3n) is 2.60. The van der Waals surface area contributed by atoms with Gasteiger partial charge < -0.3 is 15.8 Å². The highest BCUT2D eigenvalue weighted by atomic mass is 32.2. The zero-order chi connectivity index (χ0) is 14.5. The van der Waals surface area contributed by atoms with E-state index >= 15 is 0 Å². The molecule has 0 saturated carbocycles. The molecule has 0 aliphatic heterocycles. The molecule has 7 heteroatoms. The molecule has 108 valence electrons. The summed E-state index contributed by atoms with van der Waals surface area (Å²) in [7, 11) is -0.176. The molecule has 0 spiro atoms. The van der Waals surface area contributed by atoms with Gasteiger partial charge in [-0.3, -0.25) is 0 Å². The number of ether oxygens (including phenoxy) is 1. The second-order valence-corrected chi connectivity index (χ2v) is 6.48. The molecule has 0 bridgehead atoms. The first-order chi connectivity index (χ1) is 8.88. The van der Waals surface area contributed by atoms with Crippen molar-refractivity contribution in [3.63, 3.8) is 0 Å². The van der Waals surface area contributed by atoms with Gasteiger partial charge in [0.15, 0.2) is 0 Å². The highest BCUT2D eigenvalue weighted by Gasteiger charge is 2.13. The maximum absolute atomic E-state index is 11.6. The lowest BCUT2D eigenvalue weighted by atomic mass is 10.2. The van der Waals surface area contributed by atoms with Crippen molar-refractivity contribution in [3.05, 3.63) is 18.2 Å². The zero-order valence-electron chi connectivity index (χ0n) is 11.5. The van der Waals surface area contributed by atoms with Crippen molar-refractivity contribution < 1.29 is 13.2 Å². The molecule has 0 aliphatic rings. The van der Waals surface area contributed by atoms with Crippen LogP contribution in [0.1, 0.15) is 6.92 Å². The van der Waals surface area contributed by atoms with Gasteiger partial charge in [0.25, 0.3) is 0 Å². The van der Waals surface area contributed by atoms with Crippen LogP contribution in [-0.2, 0) is 10.0 Å². The van der Waals surface area contributed by atoms with Gasteiger partial charge in [-0.15, -0.1) is 0 Å². The lowest BCUT2D eigenvalue weighted by Gasteiger charge is -2.14. The molecular formula is C12H21N3O3S. The Kier molecular flexibility index (Phi) is 5.44. The number of hydrogen-bond acceptors (Lipinski definition) is 5. The summed E-state index contributed by atoms with van der Waals surface area (Å²) in [5.41, 5.74) is 7.10. The number of nitrogen functional groups attached to an aromatic ring is 1. The van der Waals surface area contributed by atoms with Crippen molar-refractivity contribution in [2.75, 3.05) is 44.1 Å². The Bertz CT molecular complexity index is 515. The quantitative estimate of drug-likeness (QED) is 0.730. The first kappa shape index (κ1) is 15.6. The van der Waals surface area contributed by atoms with Gasteiger partial charge in [0.1, 0.15) is 5.75 Å². The van der Waals surface area contributed by atoms with Crippen molar-refractivity contribution in [2.24, 2.45) is 0 Å². The molecule has 1 aromatic rings. The van der Waals surface area contributed by atoms with Gasteiger partial charge in [-0.1, -0.05) is 6.07 Å². The summed E-state index contributed by atoms with van der Waals surface area (Å²) in [4.78, 5) is 0. The molecule has 19 heavy (non-hydrogen) atoms. The molecule has 0 radical (unpaired) electrons. The molecule has 0 saturated heterocycles. The van der Waals surface area contributed by atoms with E-state index in [2.05, 4.69) is 5.32 Å². The van der Waals surface area contributed by atoms with Gasteiger partial charge in [0, 0.05) is 20.6 Å². The minimum atomic E-state index is -3.20. The highest BCUT2D eigenvalue weighted by Crippen LogP contribution is 2.29. The molecule has 0 heterocycles. The largest absolute Gasteiger partial charge is 0.492 e. The Morgan fingerprint density at radius 3 is 2.63 bits per heavy atom. The van der Waals surface area contributed by atoms with E-state index in [1.807, 2.05) is 13.0 Å². The number of anilines is 2. The van der Waals surface area contributed by atoms with Gasteiger partial charge >= 0.3 is 0 Å². The molecule has 1 aromatic carbocycles. The fourth-order valence-corrected chi connectivity index (χ4v) is 2.20. The van der Waals surface area contributed by atoms with E-state index in [4.69, 9.17) is 10.5 Å². The van der Waals surface area contributed by atoms with Crippen LogP contribution >= 0.6 is 0 Å². The second kappa shape index (κ2) is 6.63. The maximum Gasteiger partial charge on any atom is 0.215 e. The molecule has 0 unspecified atom stereocenters. The number of nitrogens with zero attached hydrogens (tertiary/aromatic N) is 1. The first-order valence-electron chi connectivity index (χ1n) is 6.04. The third-order valence-corrected chi connectivity index (χ3v) is 4.43. The molecular weight excluding hydrogens is 266 g/mol. The summed E-state index contributed by atoms with van der Waals surface area (Å²) in [6.45, 7) is 2.70. The van der Waals surface area contributed by atoms with Crippen molar-refractivity contribution >= 4 is 21.4 Å². The van der Waals surface area contributed by atoms with Crippen molar-refractivity contribution in [1.82, 2.24) is 4.31 Å². The van der Waals surface area contributed by atoms with Gasteiger partial charge in [0.2, 0.25) is 10.0 Å². The van der Waals surface area contributed by atoms with Crippen LogP contribution < -0.4 is 15.8 Å². The standard InChI is InChI=1S/C12H21N3O3S/c1-4-18-11-7-5-6-10(12(11)13)14-8-9-19(16,17)15(2)3/h5-7,14H,4,8-9,13H2,1-3H3. The minimum absolute atomic E-state index is 0.0122. The summed E-state index contributed by atoms with van der Waals surface area (Å²) in [6, 6.07) is 5.38. The molecule has 0 atom stereocenters. The van der Waals surface area contributed by atoms with Crippen molar-refractivity contribution in [2.45, 2.75) is 6.92 Å².